The van der Waals surface area contributed by atoms with Crippen LogP contribution in [0.25, 0.3) is 0 Å². The zero-order chi connectivity index (χ0) is 15.8. The molecule has 0 radical (unpaired) electrons. The van der Waals surface area contributed by atoms with E-state index in [-0.39, 0.29) is 6.03 Å². The van der Waals surface area contributed by atoms with Crippen molar-refractivity contribution < 1.29 is 9.53 Å². The molecular weight excluding hydrogens is 280 g/mol. The summed E-state index contributed by atoms with van der Waals surface area (Å²) < 4.78 is 5.11. The van der Waals surface area contributed by atoms with Gasteiger partial charge in [-0.2, -0.15) is 0 Å². The molecule has 22 heavy (non-hydrogen) atoms. The fraction of sp³-hybridized carbons (Fsp3) is 0.562. The molecule has 0 bridgehead atoms. The Labute approximate surface area is 132 Å². The van der Waals surface area contributed by atoms with E-state index in [1.807, 2.05) is 24.3 Å². The quantitative estimate of drug-likeness (QED) is 0.802. The summed E-state index contributed by atoms with van der Waals surface area (Å²) in [5, 5.41) is 2.91. The molecule has 1 heterocycles. The summed E-state index contributed by atoms with van der Waals surface area (Å²) in [6.45, 7) is 4.92. The van der Waals surface area contributed by atoms with Crippen LogP contribution in [0.5, 0.6) is 5.75 Å². The Morgan fingerprint density at radius 3 is 2.55 bits per heavy atom. The van der Waals surface area contributed by atoms with E-state index in [2.05, 4.69) is 10.2 Å². The minimum Gasteiger partial charge on any atom is -0.497 e. The average Bonchev–Trinajstić information content (AvgIpc) is 3.05. The summed E-state index contributed by atoms with van der Waals surface area (Å²) in [5.41, 5.74) is 6.39. The number of carbonyl (C=O) groups excluding carboxylic acids is 1. The Morgan fingerprint density at radius 2 is 1.95 bits per heavy atom. The molecule has 1 aliphatic rings. The van der Waals surface area contributed by atoms with Crippen molar-refractivity contribution in [2.24, 2.45) is 5.73 Å². The number of amides is 2. The van der Waals surface area contributed by atoms with Crippen molar-refractivity contribution in [1.29, 1.82) is 0 Å². The lowest BCUT2D eigenvalue weighted by molar-refractivity contribution is 0.202. The topological polar surface area (TPSA) is 70.8 Å². The summed E-state index contributed by atoms with van der Waals surface area (Å²) in [6, 6.07) is 7.21. The number of nitrogens with one attached hydrogen (secondary N) is 1. The number of anilines is 1. The van der Waals surface area contributed by atoms with Gasteiger partial charge in [0.2, 0.25) is 0 Å². The molecule has 1 saturated heterocycles. The van der Waals surface area contributed by atoms with Gasteiger partial charge in [-0.1, -0.05) is 0 Å². The Hall–Kier alpha value is -1.79. The van der Waals surface area contributed by atoms with Gasteiger partial charge < -0.3 is 25.6 Å². The molecule has 6 nitrogen and oxygen atoms in total. The maximum Gasteiger partial charge on any atom is 0.321 e. The molecule has 122 valence electrons. The molecule has 3 N–H and O–H groups in total. The second kappa shape index (κ2) is 8.60. The van der Waals surface area contributed by atoms with Gasteiger partial charge in [-0.05, 0) is 50.2 Å². The molecule has 0 unspecified atom stereocenters. The van der Waals surface area contributed by atoms with E-state index < -0.39 is 0 Å². The summed E-state index contributed by atoms with van der Waals surface area (Å²) in [4.78, 5) is 16.5. The average molecular weight is 306 g/mol. The molecule has 2 amide bonds. The standard InChI is InChI=1S/C16H26N4O2/c1-22-15-6-4-14(5-7-15)18-16(21)20(11-8-17)13-12-19-9-2-3-10-19/h4-7H,2-3,8-13,17H2,1H3,(H,18,21). The van der Waals surface area contributed by atoms with Crippen LogP contribution in [0.1, 0.15) is 12.8 Å². The number of urea groups is 1. The number of likely N-dealkylation sites (tertiary alicyclic amines) is 1. The largest absolute Gasteiger partial charge is 0.497 e. The third-order valence-electron chi connectivity index (χ3n) is 3.91. The Morgan fingerprint density at radius 1 is 1.27 bits per heavy atom. The van der Waals surface area contributed by atoms with Gasteiger partial charge in [-0.15, -0.1) is 0 Å². The number of ether oxygens (including phenoxy) is 1. The SMILES string of the molecule is COc1ccc(NC(=O)N(CCN)CCN2CCCC2)cc1. The van der Waals surface area contributed by atoms with Crippen LogP contribution in [0.3, 0.4) is 0 Å². The van der Waals surface area contributed by atoms with Crippen LogP contribution < -0.4 is 15.8 Å². The first-order chi connectivity index (χ1) is 10.7. The van der Waals surface area contributed by atoms with Crippen molar-refractivity contribution in [2.75, 3.05) is 51.7 Å². The smallest absolute Gasteiger partial charge is 0.321 e. The molecule has 0 aliphatic carbocycles. The van der Waals surface area contributed by atoms with E-state index >= 15 is 0 Å². The van der Waals surface area contributed by atoms with Gasteiger partial charge in [-0.25, -0.2) is 4.79 Å². The summed E-state index contributed by atoms with van der Waals surface area (Å²) in [5.74, 6) is 0.769. The minimum absolute atomic E-state index is 0.102. The number of hydrogen-bond acceptors (Lipinski definition) is 4. The van der Waals surface area contributed by atoms with E-state index in [0.29, 0.717) is 19.6 Å². The summed E-state index contributed by atoms with van der Waals surface area (Å²) >= 11 is 0. The van der Waals surface area contributed by atoms with Crippen LogP contribution in [0, 0.1) is 0 Å². The van der Waals surface area contributed by atoms with E-state index in [1.165, 1.54) is 12.8 Å². The maximum atomic E-state index is 12.4. The van der Waals surface area contributed by atoms with Crippen molar-refractivity contribution >= 4 is 11.7 Å². The van der Waals surface area contributed by atoms with E-state index in [0.717, 1.165) is 31.1 Å². The van der Waals surface area contributed by atoms with Gasteiger partial charge in [0.1, 0.15) is 5.75 Å². The number of methoxy groups -OCH3 is 1. The third-order valence-corrected chi connectivity index (χ3v) is 3.91. The normalized spacial score (nSPS) is 14.8. The molecule has 2 rings (SSSR count). The molecule has 6 heteroatoms. The van der Waals surface area contributed by atoms with E-state index in [9.17, 15) is 4.79 Å². The number of nitrogens with zero attached hydrogens (tertiary/aromatic N) is 2. The molecular formula is C16H26N4O2. The number of rotatable bonds is 7. The van der Waals surface area contributed by atoms with Crippen molar-refractivity contribution in [3.05, 3.63) is 24.3 Å². The molecule has 0 saturated carbocycles. The lowest BCUT2D eigenvalue weighted by atomic mass is 10.3. The first-order valence-electron chi connectivity index (χ1n) is 7.85. The molecule has 1 fully saturated rings. The van der Waals surface area contributed by atoms with Gasteiger partial charge in [0.05, 0.1) is 7.11 Å². The second-order valence-electron chi connectivity index (χ2n) is 5.48. The molecule has 0 spiro atoms. The fourth-order valence-electron chi connectivity index (χ4n) is 2.62. The first-order valence-corrected chi connectivity index (χ1v) is 7.85. The zero-order valence-electron chi connectivity index (χ0n) is 13.3. The van der Waals surface area contributed by atoms with Crippen LogP contribution in [-0.4, -0.2) is 62.2 Å². The molecule has 0 atom stereocenters. The Bertz CT molecular complexity index is 458. The Balaban J connectivity index is 1.86. The lowest BCUT2D eigenvalue weighted by Crippen LogP contribution is -2.42. The minimum atomic E-state index is -0.102. The highest BCUT2D eigenvalue weighted by Gasteiger charge is 2.16. The van der Waals surface area contributed by atoms with Gasteiger partial charge >= 0.3 is 6.03 Å². The number of hydrogen-bond donors (Lipinski definition) is 2. The zero-order valence-corrected chi connectivity index (χ0v) is 13.3. The van der Waals surface area contributed by atoms with Gasteiger partial charge in [0.25, 0.3) is 0 Å². The molecule has 1 aromatic carbocycles. The van der Waals surface area contributed by atoms with Crippen LogP contribution >= 0.6 is 0 Å². The summed E-state index contributed by atoms with van der Waals surface area (Å²) in [6.07, 6.45) is 2.52. The van der Waals surface area contributed by atoms with E-state index in [4.69, 9.17) is 10.5 Å². The van der Waals surface area contributed by atoms with Crippen molar-refractivity contribution in [1.82, 2.24) is 9.80 Å². The van der Waals surface area contributed by atoms with Crippen molar-refractivity contribution in [3.63, 3.8) is 0 Å². The highest BCUT2D eigenvalue weighted by molar-refractivity contribution is 5.89. The molecule has 1 aliphatic heterocycles. The number of benzene rings is 1. The van der Waals surface area contributed by atoms with Crippen LogP contribution in [0.2, 0.25) is 0 Å². The number of carbonyl (C=O) groups is 1. The van der Waals surface area contributed by atoms with E-state index in [1.54, 1.807) is 12.0 Å². The van der Waals surface area contributed by atoms with Crippen LogP contribution in [-0.2, 0) is 0 Å². The predicted octanol–water partition coefficient (Wildman–Crippen LogP) is 1.58. The van der Waals surface area contributed by atoms with Crippen molar-refractivity contribution in [2.45, 2.75) is 12.8 Å². The monoisotopic (exact) mass is 306 g/mol. The van der Waals surface area contributed by atoms with Crippen molar-refractivity contribution in [3.8, 4) is 5.75 Å². The summed E-state index contributed by atoms with van der Waals surface area (Å²) in [7, 11) is 1.62. The van der Waals surface area contributed by atoms with Gasteiger partial charge in [-0.3, -0.25) is 0 Å². The number of nitrogens with two attached hydrogens (primary N) is 1. The first kappa shape index (κ1) is 16.6. The van der Waals surface area contributed by atoms with Gasteiger partial charge in [0.15, 0.2) is 0 Å². The van der Waals surface area contributed by atoms with Gasteiger partial charge in [0, 0.05) is 31.9 Å². The maximum absolute atomic E-state index is 12.4. The molecule has 1 aromatic rings. The highest BCUT2D eigenvalue weighted by Crippen LogP contribution is 2.15. The molecule has 0 aromatic heterocycles. The fourth-order valence-corrected chi connectivity index (χ4v) is 2.62. The van der Waals surface area contributed by atoms with Crippen LogP contribution in [0.15, 0.2) is 24.3 Å². The predicted molar refractivity (Wildman–Crippen MR) is 88.3 cm³/mol. The Kier molecular flexibility index (Phi) is 6.48. The second-order valence-corrected chi connectivity index (χ2v) is 5.48. The lowest BCUT2D eigenvalue weighted by Gasteiger charge is -2.25. The highest BCUT2D eigenvalue weighted by atomic mass is 16.5. The third kappa shape index (κ3) is 4.89. The van der Waals surface area contributed by atoms with Crippen LogP contribution in [0.4, 0.5) is 10.5 Å².